The second-order valence-corrected chi connectivity index (χ2v) is 3.76. The van der Waals surface area contributed by atoms with E-state index in [0.29, 0.717) is 0 Å². The predicted molar refractivity (Wildman–Crippen MR) is 57.0 cm³/mol. The molecule has 14 heavy (non-hydrogen) atoms. The lowest BCUT2D eigenvalue weighted by atomic mass is 10.2. The van der Waals surface area contributed by atoms with Gasteiger partial charge in [0, 0.05) is 17.2 Å². The molecule has 0 N–H and O–H groups in total. The van der Waals surface area contributed by atoms with Gasteiger partial charge in [0.25, 0.3) is 0 Å². The summed E-state index contributed by atoms with van der Waals surface area (Å²) in [6.07, 6.45) is 2.77. The van der Waals surface area contributed by atoms with Gasteiger partial charge < -0.3 is 4.74 Å². The molecule has 0 bridgehead atoms. The van der Waals surface area contributed by atoms with E-state index in [1.165, 1.54) is 12.0 Å². The summed E-state index contributed by atoms with van der Waals surface area (Å²) in [5.41, 5.74) is 0. The minimum absolute atomic E-state index is 0.457. The van der Waals surface area contributed by atoms with Crippen molar-refractivity contribution >= 4 is 17.3 Å². The molecule has 0 saturated heterocycles. The average Bonchev–Trinajstić information content (AvgIpc) is 2.69. The van der Waals surface area contributed by atoms with Crippen LogP contribution < -0.4 is 0 Å². The molecule has 0 saturated carbocycles. The van der Waals surface area contributed by atoms with Gasteiger partial charge in [0.2, 0.25) is 0 Å². The second-order valence-electron chi connectivity index (χ2n) is 2.73. The fraction of sp³-hybridized carbons (Fsp3) is 0.364. The number of unbranched alkanes of at least 4 members (excludes halogenated alkanes) is 1. The van der Waals surface area contributed by atoms with Crippen LogP contribution in [0.1, 0.15) is 17.7 Å². The standard InChI is InChI=1S/C11H12O2S/c1-13-11(12)8-4-2-3-6-10-7-5-9-14-10/h5,7,9H,2-3,6H2,1H3. The highest BCUT2D eigenvalue weighted by molar-refractivity contribution is 7.09. The number of aryl methyl sites for hydroxylation is 1. The fourth-order valence-corrected chi connectivity index (χ4v) is 1.74. The van der Waals surface area contributed by atoms with E-state index in [2.05, 4.69) is 28.0 Å². The van der Waals surface area contributed by atoms with E-state index in [9.17, 15) is 4.79 Å². The van der Waals surface area contributed by atoms with Crippen LogP contribution in [0.5, 0.6) is 0 Å². The van der Waals surface area contributed by atoms with Crippen LogP contribution in [0.15, 0.2) is 17.5 Å². The van der Waals surface area contributed by atoms with Gasteiger partial charge in [-0.3, -0.25) is 0 Å². The molecule has 0 radical (unpaired) electrons. The van der Waals surface area contributed by atoms with Gasteiger partial charge >= 0.3 is 5.97 Å². The molecule has 1 aromatic heterocycles. The minimum Gasteiger partial charge on any atom is -0.459 e. The maximum Gasteiger partial charge on any atom is 0.384 e. The Hall–Kier alpha value is -1.27. The molecule has 0 aliphatic carbocycles. The van der Waals surface area contributed by atoms with Crippen LogP contribution in [0.2, 0.25) is 0 Å². The summed E-state index contributed by atoms with van der Waals surface area (Å²) in [6.45, 7) is 0. The van der Waals surface area contributed by atoms with Crippen LogP contribution in [-0.2, 0) is 16.0 Å². The van der Waals surface area contributed by atoms with Crippen LogP contribution >= 0.6 is 11.3 Å². The van der Waals surface area contributed by atoms with Crippen molar-refractivity contribution in [3.05, 3.63) is 22.4 Å². The zero-order chi connectivity index (χ0) is 10.2. The highest BCUT2D eigenvalue weighted by Gasteiger charge is 1.92. The Labute approximate surface area is 87.9 Å². The topological polar surface area (TPSA) is 26.3 Å². The molecule has 1 rings (SSSR count). The molecular formula is C11H12O2S. The van der Waals surface area contributed by atoms with Crippen molar-refractivity contribution in [3.8, 4) is 11.8 Å². The highest BCUT2D eigenvalue weighted by atomic mass is 32.1. The van der Waals surface area contributed by atoms with Gasteiger partial charge in [-0.1, -0.05) is 12.0 Å². The number of ether oxygens (including phenoxy) is 1. The lowest BCUT2D eigenvalue weighted by molar-refractivity contribution is -0.133. The number of carbonyl (C=O) groups excluding carboxylic acids is 1. The zero-order valence-electron chi connectivity index (χ0n) is 8.08. The fourth-order valence-electron chi connectivity index (χ4n) is 0.992. The number of esters is 1. The third kappa shape index (κ3) is 4.11. The first-order valence-electron chi connectivity index (χ1n) is 4.42. The third-order valence-electron chi connectivity index (χ3n) is 1.68. The van der Waals surface area contributed by atoms with Crippen LogP contribution in [-0.4, -0.2) is 13.1 Å². The Morgan fingerprint density at radius 1 is 1.64 bits per heavy atom. The molecule has 0 spiro atoms. The summed E-state index contributed by atoms with van der Waals surface area (Å²) in [5, 5.41) is 2.06. The van der Waals surface area contributed by atoms with Crippen LogP contribution in [0.4, 0.5) is 0 Å². The molecule has 74 valence electrons. The molecule has 0 amide bonds. The molecule has 1 heterocycles. The van der Waals surface area contributed by atoms with Crippen molar-refractivity contribution in [2.45, 2.75) is 19.3 Å². The Kier molecular flexibility index (Phi) is 4.81. The Morgan fingerprint density at radius 3 is 3.14 bits per heavy atom. The molecule has 0 unspecified atom stereocenters. The van der Waals surface area contributed by atoms with E-state index in [0.717, 1.165) is 19.3 Å². The summed E-state index contributed by atoms with van der Waals surface area (Å²) in [6, 6.07) is 4.15. The van der Waals surface area contributed by atoms with Gasteiger partial charge in [-0.05, 0) is 24.3 Å². The molecule has 0 aliphatic rings. The van der Waals surface area contributed by atoms with Gasteiger partial charge in [-0.2, -0.15) is 0 Å². The van der Waals surface area contributed by atoms with Crippen molar-refractivity contribution in [1.82, 2.24) is 0 Å². The summed E-state index contributed by atoms with van der Waals surface area (Å²) < 4.78 is 4.39. The zero-order valence-corrected chi connectivity index (χ0v) is 8.89. The maximum absolute atomic E-state index is 10.6. The van der Waals surface area contributed by atoms with E-state index < -0.39 is 5.97 Å². The van der Waals surface area contributed by atoms with Gasteiger partial charge in [-0.15, -0.1) is 11.3 Å². The molecular weight excluding hydrogens is 196 g/mol. The Morgan fingerprint density at radius 2 is 2.50 bits per heavy atom. The molecule has 0 fully saturated rings. The first kappa shape index (κ1) is 10.8. The molecule has 3 heteroatoms. The van der Waals surface area contributed by atoms with E-state index in [1.807, 2.05) is 6.07 Å². The summed E-state index contributed by atoms with van der Waals surface area (Å²) in [4.78, 5) is 12.0. The quantitative estimate of drug-likeness (QED) is 0.329. The first-order valence-corrected chi connectivity index (χ1v) is 5.30. The van der Waals surface area contributed by atoms with Gasteiger partial charge in [0.05, 0.1) is 7.11 Å². The van der Waals surface area contributed by atoms with Crippen molar-refractivity contribution < 1.29 is 9.53 Å². The van der Waals surface area contributed by atoms with Crippen molar-refractivity contribution in [3.63, 3.8) is 0 Å². The lowest BCUT2D eigenvalue weighted by Crippen LogP contribution is -1.94. The summed E-state index contributed by atoms with van der Waals surface area (Å²) in [5.74, 6) is 4.73. The van der Waals surface area contributed by atoms with Crippen molar-refractivity contribution in [1.29, 1.82) is 0 Å². The molecule has 0 aliphatic heterocycles. The van der Waals surface area contributed by atoms with E-state index in [4.69, 9.17) is 0 Å². The number of thiophene rings is 1. The monoisotopic (exact) mass is 208 g/mol. The predicted octanol–water partition coefficient (Wildman–Crippen LogP) is 2.25. The SMILES string of the molecule is COC(=O)C#CCCCc1cccs1. The molecule has 0 aromatic carbocycles. The highest BCUT2D eigenvalue weighted by Crippen LogP contribution is 2.11. The largest absolute Gasteiger partial charge is 0.459 e. The van der Waals surface area contributed by atoms with E-state index in [1.54, 1.807) is 11.3 Å². The van der Waals surface area contributed by atoms with Gasteiger partial charge in [0.15, 0.2) is 0 Å². The van der Waals surface area contributed by atoms with Crippen molar-refractivity contribution in [2.75, 3.05) is 7.11 Å². The first-order chi connectivity index (χ1) is 6.83. The van der Waals surface area contributed by atoms with E-state index >= 15 is 0 Å². The second kappa shape index (κ2) is 6.22. The molecule has 1 aromatic rings. The lowest BCUT2D eigenvalue weighted by Gasteiger charge is -1.91. The third-order valence-corrected chi connectivity index (χ3v) is 2.62. The molecule has 0 atom stereocenters. The van der Waals surface area contributed by atoms with Gasteiger partial charge in [0.1, 0.15) is 0 Å². The van der Waals surface area contributed by atoms with E-state index in [-0.39, 0.29) is 0 Å². The summed E-state index contributed by atoms with van der Waals surface area (Å²) >= 11 is 1.75. The van der Waals surface area contributed by atoms with Gasteiger partial charge in [-0.25, -0.2) is 4.79 Å². The van der Waals surface area contributed by atoms with Crippen LogP contribution in [0.25, 0.3) is 0 Å². The number of hydrogen-bond donors (Lipinski definition) is 0. The number of carbonyl (C=O) groups is 1. The Bertz CT molecular complexity index is 330. The number of methoxy groups -OCH3 is 1. The minimum atomic E-state index is -0.457. The smallest absolute Gasteiger partial charge is 0.384 e. The summed E-state index contributed by atoms with van der Waals surface area (Å²) in [7, 11) is 1.34. The number of hydrogen-bond acceptors (Lipinski definition) is 3. The molecule has 2 nitrogen and oxygen atoms in total. The Balaban J connectivity index is 2.15. The van der Waals surface area contributed by atoms with Crippen LogP contribution in [0.3, 0.4) is 0 Å². The number of rotatable bonds is 3. The normalized spacial score (nSPS) is 8.93. The average molecular weight is 208 g/mol. The van der Waals surface area contributed by atoms with Crippen LogP contribution in [0, 0.1) is 11.8 Å². The van der Waals surface area contributed by atoms with Crippen molar-refractivity contribution in [2.24, 2.45) is 0 Å². The maximum atomic E-state index is 10.6.